The number of hydrogen-bond acceptors (Lipinski definition) is 5. The Morgan fingerprint density at radius 2 is 2.31 bits per heavy atom. The summed E-state index contributed by atoms with van der Waals surface area (Å²) in [7, 11) is 1.40. The van der Waals surface area contributed by atoms with Crippen LogP contribution in [0.2, 0.25) is 0 Å². The van der Waals surface area contributed by atoms with Crippen molar-refractivity contribution in [1.82, 2.24) is 0 Å². The molecule has 0 amide bonds. The predicted molar refractivity (Wildman–Crippen MR) is 63.1 cm³/mol. The number of anilines is 1. The molecule has 2 heterocycles. The third-order valence-electron chi connectivity index (χ3n) is 2.63. The molecule has 0 saturated carbocycles. The lowest BCUT2D eigenvalue weighted by atomic mass is 10.1. The van der Waals surface area contributed by atoms with Gasteiger partial charge in [0.15, 0.2) is 0 Å². The first-order chi connectivity index (χ1) is 7.81. The van der Waals surface area contributed by atoms with Crippen LogP contribution in [0, 0.1) is 0 Å². The Hall–Kier alpha value is -1.07. The molecule has 16 heavy (non-hydrogen) atoms. The Morgan fingerprint density at radius 3 is 3.00 bits per heavy atom. The molecule has 1 N–H and O–H groups in total. The topological polar surface area (TPSA) is 47.6 Å². The average Bonchev–Trinajstić information content (AvgIpc) is 2.77. The highest BCUT2D eigenvalue weighted by Crippen LogP contribution is 2.26. The number of carbonyl (C=O) groups excluding carboxylic acids is 1. The van der Waals surface area contributed by atoms with Crippen molar-refractivity contribution in [3.63, 3.8) is 0 Å². The van der Waals surface area contributed by atoms with E-state index in [2.05, 4.69) is 5.32 Å². The minimum atomic E-state index is -0.282. The summed E-state index contributed by atoms with van der Waals surface area (Å²) in [4.78, 5) is 11.5. The van der Waals surface area contributed by atoms with E-state index in [1.807, 2.05) is 5.38 Å². The van der Waals surface area contributed by atoms with Crippen LogP contribution in [0.15, 0.2) is 11.4 Å². The summed E-state index contributed by atoms with van der Waals surface area (Å²) < 4.78 is 10.0. The normalized spacial score (nSPS) is 17.1. The lowest BCUT2D eigenvalue weighted by molar-refractivity contribution is 0.0602. The van der Waals surface area contributed by atoms with E-state index in [0.29, 0.717) is 11.6 Å². The van der Waals surface area contributed by atoms with Gasteiger partial charge in [-0.15, -0.1) is 11.3 Å². The molecule has 1 aromatic rings. The van der Waals surface area contributed by atoms with E-state index < -0.39 is 0 Å². The second-order valence-electron chi connectivity index (χ2n) is 3.69. The molecule has 0 atom stereocenters. The van der Waals surface area contributed by atoms with E-state index in [1.165, 1.54) is 18.4 Å². The van der Waals surface area contributed by atoms with Gasteiger partial charge in [0.1, 0.15) is 5.00 Å². The van der Waals surface area contributed by atoms with E-state index >= 15 is 0 Å². The molecule has 0 aromatic carbocycles. The van der Waals surface area contributed by atoms with E-state index in [0.717, 1.165) is 31.1 Å². The molecule has 1 aliphatic heterocycles. The van der Waals surface area contributed by atoms with Crippen LogP contribution >= 0.6 is 11.3 Å². The van der Waals surface area contributed by atoms with Crippen molar-refractivity contribution in [3.8, 4) is 0 Å². The second kappa shape index (κ2) is 5.32. The summed E-state index contributed by atoms with van der Waals surface area (Å²) in [6.07, 6.45) is 1.97. The summed E-state index contributed by atoms with van der Waals surface area (Å²) in [5, 5.41) is 6.18. The van der Waals surface area contributed by atoms with Crippen molar-refractivity contribution in [2.45, 2.75) is 18.9 Å². The molecule has 0 radical (unpaired) electrons. The third kappa shape index (κ3) is 2.54. The summed E-state index contributed by atoms with van der Waals surface area (Å²) in [5.74, 6) is -0.282. The van der Waals surface area contributed by atoms with Crippen molar-refractivity contribution >= 4 is 22.3 Å². The molecule has 2 rings (SSSR count). The van der Waals surface area contributed by atoms with Crippen molar-refractivity contribution < 1.29 is 14.3 Å². The van der Waals surface area contributed by atoms with Crippen LogP contribution in [0.1, 0.15) is 23.2 Å². The first-order valence-electron chi connectivity index (χ1n) is 5.31. The number of esters is 1. The van der Waals surface area contributed by atoms with E-state index in [9.17, 15) is 4.79 Å². The maximum Gasteiger partial charge on any atom is 0.340 e. The maximum atomic E-state index is 11.5. The summed E-state index contributed by atoms with van der Waals surface area (Å²) in [6, 6.07) is 2.19. The van der Waals surface area contributed by atoms with Crippen LogP contribution < -0.4 is 5.32 Å². The lowest BCUT2D eigenvalue weighted by Crippen LogP contribution is -2.28. The van der Waals surface area contributed by atoms with Gasteiger partial charge in [0.2, 0.25) is 0 Å². The first-order valence-corrected chi connectivity index (χ1v) is 6.19. The molecule has 1 aliphatic rings. The van der Waals surface area contributed by atoms with Gasteiger partial charge in [-0.1, -0.05) is 0 Å². The van der Waals surface area contributed by atoms with Crippen LogP contribution in [0.3, 0.4) is 0 Å². The average molecular weight is 241 g/mol. The molecule has 0 unspecified atom stereocenters. The molecular formula is C11H15NO3S. The molecule has 1 fully saturated rings. The fourth-order valence-electron chi connectivity index (χ4n) is 1.72. The minimum Gasteiger partial charge on any atom is -0.465 e. The smallest absolute Gasteiger partial charge is 0.340 e. The van der Waals surface area contributed by atoms with Crippen LogP contribution in [-0.2, 0) is 9.47 Å². The van der Waals surface area contributed by atoms with Crippen LogP contribution in [0.4, 0.5) is 5.00 Å². The Morgan fingerprint density at radius 1 is 1.56 bits per heavy atom. The van der Waals surface area contributed by atoms with Gasteiger partial charge in [0.25, 0.3) is 0 Å². The molecule has 0 bridgehead atoms. The zero-order valence-electron chi connectivity index (χ0n) is 9.19. The molecule has 88 valence electrons. The monoisotopic (exact) mass is 241 g/mol. The van der Waals surface area contributed by atoms with Crippen molar-refractivity contribution in [2.24, 2.45) is 0 Å². The third-order valence-corrected chi connectivity index (χ3v) is 3.47. The summed E-state index contributed by atoms with van der Waals surface area (Å²) in [5.41, 5.74) is 0.624. The zero-order chi connectivity index (χ0) is 11.4. The fourth-order valence-corrected chi connectivity index (χ4v) is 2.57. The van der Waals surface area contributed by atoms with Gasteiger partial charge in [-0.25, -0.2) is 4.79 Å². The van der Waals surface area contributed by atoms with Crippen LogP contribution in [-0.4, -0.2) is 32.3 Å². The quantitative estimate of drug-likeness (QED) is 0.823. The molecule has 1 saturated heterocycles. The van der Waals surface area contributed by atoms with Gasteiger partial charge in [0, 0.05) is 19.3 Å². The lowest BCUT2D eigenvalue weighted by Gasteiger charge is -2.23. The van der Waals surface area contributed by atoms with Gasteiger partial charge >= 0.3 is 5.97 Å². The Labute approximate surface area is 98.6 Å². The summed E-state index contributed by atoms with van der Waals surface area (Å²) in [6.45, 7) is 1.58. The molecular weight excluding hydrogens is 226 g/mol. The van der Waals surface area contributed by atoms with Gasteiger partial charge in [-0.2, -0.15) is 0 Å². The van der Waals surface area contributed by atoms with Crippen molar-refractivity contribution in [3.05, 3.63) is 17.0 Å². The van der Waals surface area contributed by atoms with E-state index in [1.54, 1.807) is 6.07 Å². The molecule has 1 aromatic heterocycles. The highest BCUT2D eigenvalue weighted by atomic mass is 32.1. The molecule has 0 aliphatic carbocycles. The van der Waals surface area contributed by atoms with Gasteiger partial charge in [0.05, 0.1) is 12.7 Å². The van der Waals surface area contributed by atoms with Crippen molar-refractivity contribution in [1.29, 1.82) is 0 Å². The molecule has 4 nitrogen and oxygen atoms in total. The maximum absolute atomic E-state index is 11.5. The number of rotatable bonds is 3. The zero-order valence-corrected chi connectivity index (χ0v) is 10.0. The van der Waals surface area contributed by atoms with Gasteiger partial charge < -0.3 is 14.8 Å². The highest BCUT2D eigenvalue weighted by Gasteiger charge is 2.18. The Bertz CT molecular complexity index is 358. The molecule has 0 spiro atoms. The van der Waals surface area contributed by atoms with E-state index in [-0.39, 0.29) is 5.97 Å². The predicted octanol–water partition coefficient (Wildman–Crippen LogP) is 2.13. The number of thiophene rings is 1. The number of carbonyl (C=O) groups is 1. The Balaban J connectivity index is 2.03. The Kier molecular flexibility index (Phi) is 3.79. The van der Waals surface area contributed by atoms with Crippen LogP contribution in [0.5, 0.6) is 0 Å². The van der Waals surface area contributed by atoms with Crippen molar-refractivity contribution in [2.75, 3.05) is 25.6 Å². The molecule has 5 heteroatoms. The fraction of sp³-hybridized carbons (Fsp3) is 0.545. The van der Waals surface area contributed by atoms with Gasteiger partial charge in [-0.3, -0.25) is 0 Å². The number of methoxy groups -OCH3 is 1. The first kappa shape index (κ1) is 11.4. The number of hydrogen-bond donors (Lipinski definition) is 1. The van der Waals surface area contributed by atoms with E-state index in [4.69, 9.17) is 9.47 Å². The van der Waals surface area contributed by atoms with Crippen LogP contribution in [0.25, 0.3) is 0 Å². The summed E-state index contributed by atoms with van der Waals surface area (Å²) >= 11 is 1.53. The minimum absolute atomic E-state index is 0.282. The second-order valence-corrected chi connectivity index (χ2v) is 4.60. The highest BCUT2D eigenvalue weighted by molar-refractivity contribution is 7.14. The number of nitrogens with one attached hydrogen (secondary N) is 1. The number of ether oxygens (including phenoxy) is 2. The van der Waals surface area contributed by atoms with Gasteiger partial charge in [-0.05, 0) is 24.3 Å². The largest absolute Gasteiger partial charge is 0.465 e. The SMILES string of the molecule is COC(=O)c1ccsc1NC1CCOCC1. The standard InChI is InChI=1S/C11H15NO3S/c1-14-11(13)9-4-7-16-10(9)12-8-2-5-15-6-3-8/h4,7-8,12H,2-3,5-6H2,1H3.